The van der Waals surface area contributed by atoms with Crippen LogP contribution in [0.15, 0.2) is 53.6 Å². The number of ether oxygens (including phenoxy) is 1. The highest BCUT2D eigenvalue weighted by atomic mass is 35.5. The van der Waals surface area contributed by atoms with Crippen LogP contribution >= 0.6 is 11.6 Å². The smallest absolute Gasteiger partial charge is 0.259 e. The molecule has 0 bridgehead atoms. The number of benzene rings is 2. The van der Waals surface area contributed by atoms with Gasteiger partial charge in [0.05, 0.1) is 19.9 Å². The van der Waals surface area contributed by atoms with Crippen LogP contribution < -0.4 is 15.5 Å². The Balaban J connectivity index is 1.76. The van der Waals surface area contributed by atoms with E-state index in [1.807, 2.05) is 36.4 Å². The minimum atomic E-state index is -0.235. The van der Waals surface area contributed by atoms with Gasteiger partial charge in [-0.25, -0.2) is 5.43 Å². The zero-order valence-corrected chi connectivity index (χ0v) is 12.8. The first-order valence-corrected chi connectivity index (χ1v) is 7.00. The summed E-state index contributed by atoms with van der Waals surface area (Å²) >= 11 is 5.78. The number of nitrogens with zero attached hydrogens (tertiary/aromatic N) is 1. The number of hydrogen-bond acceptors (Lipinski definition) is 4. The summed E-state index contributed by atoms with van der Waals surface area (Å²) in [6.07, 6.45) is 1.56. The Morgan fingerprint density at radius 3 is 2.50 bits per heavy atom. The van der Waals surface area contributed by atoms with Crippen LogP contribution in [0, 0.1) is 0 Å². The van der Waals surface area contributed by atoms with Gasteiger partial charge in [-0.3, -0.25) is 4.79 Å². The molecular weight excluding hydrogens is 302 g/mol. The molecule has 2 rings (SSSR count). The van der Waals surface area contributed by atoms with E-state index in [4.69, 9.17) is 16.3 Å². The molecule has 114 valence electrons. The van der Waals surface area contributed by atoms with Gasteiger partial charge in [0.25, 0.3) is 5.91 Å². The van der Waals surface area contributed by atoms with Gasteiger partial charge >= 0.3 is 0 Å². The number of nitrogens with one attached hydrogen (secondary N) is 2. The van der Waals surface area contributed by atoms with Gasteiger partial charge in [0, 0.05) is 10.7 Å². The van der Waals surface area contributed by atoms with Crippen molar-refractivity contribution in [1.82, 2.24) is 5.43 Å². The molecule has 2 N–H and O–H groups in total. The van der Waals surface area contributed by atoms with E-state index in [2.05, 4.69) is 15.8 Å². The van der Waals surface area contributed by atoms with E-state index in [1.54, 1.807) is 25.5 Å². The molecule has 0 aliphatic rings. The lowest BCUT2D eigenvalue weighted by Crippen LogP contribution is -2.25. The first kappa shape index (κ1) is 15.9. The van der Waals surface area contributed by atoms with Gasteiger partial charge in [-0.15, -0.1) is 0 Å². The molecule has 0 saturated carbocycles. The quantitative estimate of drug-likeness (QED) is 0.636. The lowest BCUT2D eigenvalue weighted by atomic mass is 10.2. The summed E-state index contributed by atoms with van der Waals surface area (Å²) < 4.78 is 5.06. The molecule has 0 heterocycles. The fourth-order valence-corrected chi connectivity index (χ4v) is 1.78. The van der Waals surface area contributed by atoms with Gasteiger partial charge in [0.15, 0.2) is 0 Å². The SMILES string of the molecule is COc1ccc(NCC(=O)NN=Cc2ccc(Cl)cc2)cc1. The molecule has 0 aromatic heterocycles. The molecule has 2 aromatic carbocycles. The maximum atomic E-state index is 11.7. The summed E-state index contributed by atoms with van der Waals surface area (Å²) in [5.74, 6) is 0.531. The summed E-state index contributed by atoms with van der Waals surface area (Å²) in [5.41, 5.74) is 4.13. The highest BCUT2D eigenvalue weighted by Crippen LogP contribution is 2.14. The van der Waals surface area contributed by atoms with Gasteiger partial charge in [-0.1, -0.05) is 23.7 Å². The standard InChI is InChI=1S/C16H16ClN3O2/c1-22-15-8-6-14(7-9-15)18-11-16(21)20-19-10-12-2-4-13(17)5-3-12/h2-10,18H,11H2,1H3,(H,20,21). The Labute approximate surface area is 133 Å². The molecule has 5 nitrogen and oxygen atoms in total. The van der Waals surface area contributed by atoms with Crippen LogP contribution in [0.2, 0.25) is 5.02 Å². The van der Waals surface area contributed by atoms with Crippen LogP contribution in [0.4, 0.5) is 5.69 Å². The van der Waals surface area contributed by atoms with Crippen LogP contribution in [-0.4, -0.2) is 25.8 Å². The van der Waals surface area contributed by atoms with Crippen LogP contribution in [-0.2, 0) is 4.79 Å². The van der Waals surface area contributed by atoms with Crippen molar-refractivity contribution in [3.8, 4) is 5.75 Å². The van der Waals surface area contributed by atoms with E-state index in [0.29, 0.717) is 5.02 Å². The summed E-state index contributed by atoms with van der Waals surface area (Å²) in [4.78, 5) is 11.7. The third-order valence-electron chi connectivity index (χ3n) is 2.82. The summed E-state index contributed by atoms with van der Waals surface area (Å²) in [6, 6.07) is 14.5. The van der Waals surface area contributed by atoms with E-state index in [9.17, 15) is 4.79 Å². The molecule has 0 unspecified atom stereocenters. The monoisotopic (exact) mass is 317 g/mol. The van der Waals surface area contributed by atoms with E-state index in [1.165, 1.54) is 0 Å². The minimum Gasteiger partial charge on any atom is -0.497 e. The molecule has 0 fully saturated rings. The number of rotatable bonds is 6. The number of carbonyl (C=O) groups is 1. The maximum absolute atomic E-state index is 11.7. The molecule has 0 radical (unpaired) electrons. The summed E-state index contributed by atoms with van der Waals surface area (Å²) in [7, 11) is 1.61. The van der Waals surface area contributed by atoms with E-state index < -0.39 is 0 Å². The molecule has 1 amide bonds. The van der Waals surface area contributed by atoms with Crippen molar-refractivity contribution in [1.29, 1.82) is 0 Å². The number of anilines is 1. The van der Waals surface area contributed by atoms with Crippen molar-refractivity contribution in [2.45, 2.75) is 0 Å². The zero-order chi connectivity index (χ0) is 15.8. The van der Waals surface area contributed by atoms with Crippen molar-refractivity contribution >= 4 is 29.4 Å². The predicted molar refractivity (Wildman–Crippen MR) is 88.7 cm³/mol. The fourth-order valence-electron chi connectivity index (χ4n) is 1.66. The molecule has 0 aliphatic heterocycles. The fraction of sp³-hybridized carbons (Fsp3) is 0.125. The molecule has 2 aromatic rings. The zero-order valence-electron chi connectivity index (χ0n) is 12.0. The normalized spacial score (nSPS) is 10.5. The second-order valence-electron chi connectivity index (χ2n) is 4.43. The lowest BCUT2D eigenvalue weighted by Gasteiger charge is -2.06. The summed E-state index contributed by atoms with van der Waals surface area (Å²) in [6.45, 7) is 0.129. The van der Waals surface area contributed by atoms with Gasteiger partial charge < -0.3 is 10.1 Å². The molecule has 0 atom stereocenters. The van der Waals surface area contributed by atoms with Crippen LogP contribution in [0.3, 0.4) is 0 Å². The Hall–Kier alpha value is -2.53. The number of hydrogen-bond donors (Lipinski definition) is 2. The molecule has 0 spiro atoms. The third kappa shape index (κ3) is 5.10. The maximum Gasteiger partial charge on any atom is 0.259 e. The largest absolute Gasteiger partial charge is 0.497 e. The molecule has 0 aliphatic carbocycles. The number of carbonyl (C=O) groups excluding carboxylic acids is 1. The molecular formula is C16H16ClN3O2. The topological polar surface area (TPSA) is 62.7 Å². The lowest BCUT2D eigenvalue weighted by molar-refractivity contribution is -0.119. The van der Waals surface area contributed by atoms with E-state index >= 15 is 0 Å². The first-order chi connectivity index (χ1) is 10.7. The predicted octanol–water partition coefficient (Wildman–Crippen LogP) is 2.91. The Morgan fingerprint density at radius 2 is 1.86 bits per heavy atom. The van der Waals surface area contributed by atoms with Crippen LogP contribution in [0.25, 0.3) is 0 Å². The van der Waals surface area contributed by atoms with Crippen molar-refractivity contribution in [3.63, 3.8) is 0 Å². The van der Waals surface area contributed by atoms with Crippen molar-refractivity contribution in [2.75, 3.05) is 19.0 Å². The highest BCUT2D eigenvalue weighted by Gasteiger charge is 1.99. The second-order valence-corrected chi connectivity index (χ2v) is 4.86. The molecule has 6 heteroatoms. The average Bonchev–Trinajstić information content (AvgIpc) is 2.55. The van der Waals surface area contributed by atoms with Gasteiger partial charge in [-0.05, 0) is 42.0 Å². The van der Waals surface area contributed by atoms with E-state index in [0.717, 1.165) is 17.0 Å². The Kier molecular flexibility index (Phi) is 5.80. The van der Waals surface area contributed by atoms with Gasteiger partial charge in [-0.2, -0.15) is 5.10 Å². The average molecular weight is 318 g/mol. The van der Waals surface area contributed by atoms with Crippen LogP contribution in [0.5, 0.6) is 5.75 Å². The number of halogens is 1. The number of hydrazone groups is 1. The minimum absolute atomic E-state index is 0.129. The van der Waals surface area contributed by atoms with Gasteiger partial charge in [0.1, 0.15) is 5.75 Å². The van der Waals surface area contributed by atoms with Crippen molar-refractivity contribution < 1.29 is 9.53 Å². The van der Waals surface area contributed by atoms with Crippen molar-refractivity contribution in [3.05, 3.63) is 59.1 Å². The second kappa shape index (κ2) is 8.05. The number of methoxy groups -OCH3 is 1. The molecule has 22 heavy (non-hydrogen) atoms. The first-order valence-electron chi connectivity index (χ1n) is 6.63. The number of amides is 1. The van der Waals surface area contributed by atoms with E-state index in [-0.39, 0.29) is 12.5 Å². The highest BCUT2D eigenvalue weighted by molar-refractivity contribution is 6.30. The van der Waals surface area contributed by atoms with Crippen LogP contribution in [0.1, 0.15) is 5.56 Å². The summed E-state index contributed by atoms with van der Waals surface area (Å²) in [5, 5.41) is 7.53. The Bertz CT molecular complexity index is 639. The van der Waals surface area contributed by atoms with Gasteiger partial charge in [0.2, 0.25) is 0 Å². The Morgan fingerprint density at radius 1 is 1.18 bits per heavy atom. The third-order valence-corrected chi connectivity index (χ3v) is 3.07. The van der Waals surface area contributed by atoms with Crippen molar-refractivity contribution in [2.24, 2.45) is 5.10 Å². The molecule has 0 saturated heterocycles.